The number of benzene rings is 2. The fourth-order valence-electron chi connectivity index (χ4n) is 2.53. The van der Waals surface area contributed by atoms with Crippen LogP contribution in [0.2, 0.25) is 10.0 Å². The number of hydrogen-bond donors (Lipinski definition) is 4. The fourth-order valence-corrected chi connectivity index (χ4v) is 2.83. The van der Waals surface area contributed by atoms with Gasteiger partial charge in [-0.3, -0.25) is 0 Å². The number of hydrazine groups is 1. The molecule has 2 aromatic carbocycles. The van der Waals surface area contributed by atoms with Crippen molar-refractivity contribution in [1.82, 2.24) is 15.4 Å². The van der Waals surface area contributed by atoms with Crippen LogP contribution >= 0.6 is 23.2 Å². The van der Waals surface area contributed by atoms with E-state index in [9.17, 15) is 4.39 Å². The van der Waals surface area contributed by atoms with E-state index in [0.29, 0.717) is 15.7 Å². The van der Waals surface area contributed by atoms with Gasteiger partial charge < -0.3 is 16.1 Å². The van der Waals surface area contributed by atoms with Gasteiger partial charge in [-0.2, -0.15) is 4.98 Å². The maximum atomic E-state index is 14.1. The Balaban J connectivity index is 1.56. The summed E-state index contributed by atoms with van der Waals surface area (Å²) >= 11 is 11.9. The van der Waals surface area contributed by atoms with Crippen molar-refractivity contribution < 1.29 is 4.39 Å². The summed E-state index contributed by atoms with van der Waals surface area (Å²) in [6.45, 7) is 0.721. The molecule has 1 aromatic heterocycles. The molecule has 2 heterocycles. The molecule has 0 amide bonds. The number of hydrogen-bond acceptors (Lipinski definition) is 6. The van der Waals surface area contributed by atoms with Crippen LogP contribution in [0.1, 0.15) is 5.56 Å². The van der Waals surface area contributed by atoms with Crippen LogP contribution in [-0.4, -0.2) is 9.97 Å². The van der Waals surface area contributed by atoms with E-state index in [1.54, 1.807) is 18.2 Å². The average Bonchev–Trinajstić information content (AvgIpc) is 3.09. The first-order valence-electron chi connectivity index (χ1n) is 7.72. The predicted molar refractivity (Wildman–Crippen MR) is 102 cm³/mol. The molecular formula is C17H13Cl2FN6. The van der Waals surface area contributed by atoms with Gasteiger partial charge in [0.1, 0.15) is 0 Å². The zero-order valence-electron chi connectivity index (χ0n) is 13.3. The van der Waals surface area contributed by atoms with Gasteiger partial charge in [0.25, 0.3) is 0 Å². The number of nitrogens with zero attached hydrogens (tertiary/aromatic N) is 2. The number of fused-ring (bicyclic) bond motifs is 1. The monoisotopic (exact) mass is 390 g/mol. The van der Waals surface area contributed by atoms with Gasteiger partial charge in [-0.05, 0) is 42.0 Å². The van der Waals surface area contributed by atoms with Crippen LogP contribution in [0, 0.1) is 5.82 Å². The highest BCUT2D eigenvalue weighted by Crippen LogP contribution is 2.28. The highest BCUT2D eigenvalue weighted by atomic mass is 35.5. The van der Waals surface area contributed by atoms with Crippen LogP contribution in [0.4, 0.5) is 33.2 Å². The molecule has 132 valence electrons. The van der Waals surface area contributed by atoms with Gasteiger partial charge in [0.05, 0.1) is 21.9 Å². The van der Waals surface area contributed by atoms with E-state index in [-0.39, 0.29) is 11.8 Å². The highest BCUT2D eigenvalue weighted by Gasteiger charge is 2.12. The lowest BCUT2D eigenvalue weighted by Gasteiger charge is -2.10. The topological polar surface area (TPSA) is 73.9 Å². The first-order valence-corrected chi connectivity index (χ1v) is 8.47. The Hall–Kier alpha value is -2.61. The summed E-state index contributed by atoms with van der Waals surface area (Å²) in [6.07, 6.45) is 1.10. The zero-order chi connectivity index (χ0) is 18.1. The Labute approximate surface area is 158 Å². The van der Waals surface area contributed by atoms with Gasteiger partial charge in [-0.1, -0.05) is 23.2 Å². The van der Waals surface area contributed by atoms with Crippen LogP contribution < -0.4 is 21.5 Å². The van der Waals surface area contributed by atoms with Crippen LogP contribution in [-0.2, 0) is 6.54 Å². The van der Waals surface area contributed by atoms with Crippen molar-refractivity contribution in [1.29, 1.82) is 0 Å². The molecule has 1 aliphatic rings. The van der Waals surface area contributed by atoms with Gasteiger partial charge >= 0.3 is 0 Å². The Morgan fingerprint density at radius 1 is 1.00 bits per heavy atom. The van der Waals surface area contributed by atoms with Crippen molar-refractivity contribution in [2.75, 3.05) is 16.1 Å². The van der Waals surface area contributed by atoms with Crippen molar-refractivity contribution in [3.63, 3.8) is 0 Å². The molecule has 9 heteroatoms. The molecule has 0 saturated heterocycles. The first-order chi connectivity index (χ1) is 12.6. The minimum atomic E-state index is -0.580. The Kier molecular flexibility index (Phi) is 4.50. The Morgan fingerprint density at radius 2 is 1.81 bits per heavy atom. The minimum absolute atomic E-state index is 0.0328. The van der Waals surface area contributed by atoms with Crippen molar-refractivity contribution in [2.45, 2.75) is 6.54 Å². The molecule has 0 aliphatic carbocycles. The molecule has 3 aromatic rings. The maximum Gasteiger partial charge on any atom is 0.229 e. The molecule has 0 saturated carbocycles. The number of aromatic nitrogens is 2. The van der Waals surface area contributed by atoms with E-state index in [4.69, 9.17) is 23.2 Å². The van der Waals surface area contributed by atoms with E-state index < -0.39 is 5.82 Å². The normalized spacial score (nSPS) is 12.4. The summed E-state index contributed by atoms with van der Waals surface area (Å²) < 4.78 is 14.1. The molecular weight excluding hydrogens is 378 g/mol. The molecule has 1 aliphatic heterocycles. The van der Waals surface area contributed by atoms with Crippen LogP contribution in [0.25, 0.3) is 0 Å². The molecule has 0 bridgehead atoms. The molecule has 6 nitrogen and oxygen atoms in total. The summed E-state index contributed by atoms with van der Waals surface area (Å²) in [7, 11) is 0. The molecule has 0 radical (unpaired) electrons. The molecule has 0 fully saturated rings. The lowest BCUT2D eigenvalue weighted by Crippen LogP contribution is -2.10. The van der Waals surface area contributed by atoms with Gasteiger partial charge in [-0.25, -0.2) is 14.8 Å². The van der Waals surface area contributed by atoms with Crippen molar-refractivity contribution in [3.05, 3.63) is 64.0 Å². The predicted octanol–water partition coefficient (Wildman–Crippen LogP) is 4.84. The standard InChI is InChI=1S/C17H13Cl2FN6/c18-12-3-1-11(6-13(12)19)23-16-14(20)8-21-17(25-16)24-10-2-4-15-9(5-10)7-22-26-15/h1-6,8,22,26H,7H2,(H2,21,23,24,25). The molecule has 4 N–H and O–H groups in total. The Bertz CT molecular complexity index is 981. The summed E-state index contributed by atoms with van der Waals surface area (Å²) in [4.78, 5) is 8.18. The quantitative estimate of drug-likeness (QED) is 0.510. The summed E-state index contributed by atoms with van der Waals surface area (Å²) in [5.41, 5.74) is 9.61. The average molecular weight is 391 g/mol. The highest BCUT2D eigenvalue weighted by molar-refractivity contribution is 6.42. The summed E-state index contributed by atoms with van der Waals surface area (Å²) in [6, 6.07) is 10.7. The largest absolute Gasteiger partial charge is 0.338 e. The third kappa shape index (κ3) is 3.50. The van der Waals surface area contributed by atoms with E-state index >= 15 is 0 Å². The lowest BCUT2D eigenvalue weighted by molar-refractivity contribution is 0.619. The fraction of sp³-hybridized carbons (Fsp3) is 0.0588. The van der Waals surface area contributed by atoms with Gasteiger partial charge in [0.15, 0.2) is 11.6 Å². The zero-order valence-corrected chi connectivity index (χ0v) is 14.8. The van der Waals surface area contributed by atoms with Crippen LogP contribution in [0.3, 0.4) is 0 Å². The smallest absolute Gasteiger partial charge is 0.229 e. The first kappa shape index (κ1) is 16.8. The van der Waals surface area contributed by atoms with E-state index in [1.807, 2.05) is 18.2 Å². The molecule has 0 atom stereocenters. The second kappa shape index (κ2) is 6.95. The van der Waals surface area contributed by atoms with Crippen LogP contribution in [0.15, 0.2) is 42.6 Å². The second-order valence-corrected chi connectivity index (χ2v) is 6.43. The van der Waals surface area contributed by atoms with Crippen LogP contribution in [0.5, 0.6) is 0 Å². The van der Waals surface area contributed by atoms with Gasteiger partial charge in [-0.15, -0.1) is 0 Å². The number of rotatable bonds is 4. The SMILES string of the molecule is Fc1cnc(Nc2ccc3c(c2)CNN3)nc1Nc1ccc(Cl)c(Cl)c1. The van der Waals surface area contributed by atoms with E-state index in [1.165, 1.54) is 0 Å². The third-order valence-corrected chi connectivity index (χ3v) is 4.53. The molecule has 0 unspecified atom stereocenters. The number of nitrogens with one attached hydrogen (secondary N) is 4. The summed E-state index contributed by atoms with van der Waals surface area (Å²) in [5, 5.41) is 6.74. The van der Waals surface area contributed by atoms with Crippen molar-refractivity contribution in [3.8, 4) is 0 Å². The molecule has 0 spiro atoms. The van der Waals surface area contributed by atoms with Gasteiger partial charge in [0.2, 0.25) is 5.95 Å². The third-order valence-electron chi connectivity index (χ3n) is 3.79. The Morgan fingerprint density at radius 3 is 2.65 bits per heavy atom. The summed E-state index contributed by atoms with van der Waals surface area (Å²) in [5.74, 6) is -0.276. The maximum absolute atomic E-state index is 14.1. The van der Waals surface area contributed by atoms with Gasteiger partial charge in [0, 0.05) is 17.9 Å². The lowest BCUT2D eigenvalue weighted by atomic mass is 10.2. The van der Waals surface area contributed by atoms with Crippen molar-refractivity contribution in [2.24, 2.45) is 0 Å². The minimum Gasteiger partial charge on any atom is -0.338 e. The number of anilines is 5. The number of halogens is 3. The molecule has 26 heavy (non-hydrogen) atoms. The second-order valence-electron chi connectivity index (χ2n) is 5.62. The van der Waals surface area contributed by atoms with Crippen molar-refractivity contribution >= 4 is 52.0 Å². The van der Waals surface area contributed by atoms with E-state index in [0.717, 1.165) is 29.7 Å². The van der Waals surface area contributed by atoms with E-state index in [2.05, 4.69) is 31.5 Å². The molecule has 4 rings (SSSR count).